The first-order chi connectivity index (χ1) is 24.7. The SMILES string of the molecule is C[Si](C)(C)O[Si](C)(CCCOC(=O)C(C#N)=CC=CN1CCN(C=CC=C(C#N)C(=O)OCCC[Si](C)(O[Si](C)(C)C)O[Si](C)(C)C)CC1)O[Si](C)(C)C. The molecular formula is C36H68N4O8Si6. The Bertz CT molecular complexity index is 1300. The van der Waals surface area contributed by atoms with E-state index in [0.717, 1.165) is 12.1 Å². The van der Waals surface area contributed by atoms with Crippen LogP contribution in [-0.4, -0.2) is 112 Å². The zero-order chi connectivity index (χ0) is 41.4. The maximum atomic E-state index is 12.6. The van der Waals surface area contributed by atoms with Crippen LogP contribution in [0.2, 0.25) is 104 Å². The van der Waals surface area contributed by atoms with Gasteiger partial charge in [0.1, 0.15) is 23.3 Å². The van der Waals surface area contributed by atoms with E-state index >= 15 is 0 Å². The Morgan fingerprint density at radius 2 is 0.815 bits per heavy atom. The van der Waals surface area contributed by atoms with Crippen LogP contribution in [0.3, 0.4) is 0 Å². The third-order valence-electron chi connectivity index (χ3n) is 7.25. The summed E-state index contributed by atoms with van der Waals surface area (Å²) < 4.78 is 36.9. The Morgan fingerprint density at radius 3 is 1.06 bits per heavy atom. The number of carbonyl (C=O) groups is 2. The number of carbonyl (C=O) groups excluding carboxylic acids is 2. The molecule has 0 spiro atoms. The minimum Gasteiger partial charge on any atom is -0.462 e. The highest BCUT2D eigenvalue weighted by Crippen LogP contribution is 2.27. The summed E-state index contributed by atoms with van der Waals surface area (Å²) in [4.78, 5) is 29.4. The average molecular weight is 853 g/mol. The molecule has 0 amide bonds. The second kappa shape index (κ2) is 21.8. The van der Waals surface area contributed by atoms with E-state index in [-0.39, 0.29) is 24.4 Å². The van der Waals surface area contributed by atoms with Gasteiger partial charge in [-0.2, -0.15) is 10.5 Å². The van der Waals surface area contributed by atoms with Crippen LogP contribution in [0.4, 0.5) is 0 Å². The Balaban J connectivity index is 2.59. The van der Waals surface area contributed by atoms with Crippen molar-refractivity contribution in [1.82, 2.24) is 9.80 Å². The zero-order valence-electron chi connectivity index (χ0n) is 35.6. The Morgan fingerprint density at radius 1 is 0.537 bits per heavy atom. The molecule has 1 rings (SSSR count). The number of nitriles is 2. The number of piperazine rings is 1. The number of hydrogen-bond acceptors (Lipinski definition) is 12. The summed E-state index contributed by atoms with van der Waals surface area (Å²) >= 11 is 0. The third-order valence-corrected chi connectivity index (χ3v) is 26.5. The molecule has 0 aromatic heterocycles. The van der Waals surface area contributed by atoms with Gasteiger partial charge in [-0.15, -0.1) is 0 Å². The first kappa shape index (κ1) is 49.6. The smallest absolute Gasteiger partial charge is 0.348 e. The predicted octanol–water partition coefficient (Wildman–Crippen LogP) is 7.95. The van der Waals surface area contributed by atoms with Crippen LogP contribution in [0.1, 0.15) is 12.8 Å². The molecule has 0 bridgehead atoms. The Kier molecular flexibility index (Phi) is 20.0. The molecule has 304 valence electrons. The quantitative estimate of drug-likeness (QED) is 0.0261. The minimum atomic E-state index is -2.42. The van der Waals surface area contributed by atoms with Crippen LogP contribution in [0, 0.1) is 22.7 Å². The fourth-order valence-electron chi connectivity index (χ4n) is 5.97. The van der Waals surface area contributed by atoms with Gasteiger partial charge in [0.05, 0.1) is 13.2 Å². The fourth-order valence-corrected chi connectivity index (χ4v) is 31.0. The minimum absolute atomic E-state index is 0.0597. The van der Waals surface area contributed by atoms with Crippen molar-refractivity contribution in [1.29, 1.82) is 10.5 Å². The summed E-state index contributed by atoms with van der Waals surface area (Å²) in [6.45, 7) is 33.3. The van der Waals surface area contributed by atoms with Gasteiger partial charge in [0.15, 0.2) is 33.3 Å². The number of hydrogen-bond donors (Lipinski definition) is 0. The molecule has 0 unspecified atom stereocenters. The Hall–Kier alpha value is -2.38. The maximum absolute atomic E-state index is 12.6. The molecule has 1 heterocycles. The van der Waals surface area contributed by atoms with Crippen LogP contribution >= 0.6 is 0 Å². The molecule has 1 saturated heterocycles. The molecule has 54 heavy (non-hydrogen) atoms. The number of nitrogens with zero attached hydrogens (tertiary/aromatic N) is 4. The second-order valence-corrected chi connectivity index (χ2v) is 43.4. The van der Waals surface area contributed by atoms with Crippen LogP contribution in [0.25, 0.3) is 0 Å². The summed E-state index contributed by atoms with van der Waals surface area (Å²) in [6, 6.07) is 5.33. The molecule has 0 aliphatic carbocycles. The van der Waals surface area contributed by atoms with Crippen LogP contribution in [0.5, 0.6) is 0 Å². The number of rotatable bonds is 22. The first-order valence-electron chi connectivity index (χ1n) is 18.9. The average Bonchev–Trinajstić information content (AvgIpc) is 2.98. The monoisotopic (exact) mass is 852 g/mol. The molecule has 0 atom stereocenters. The molecule has 0 aromatic carbocycles. The van der Waals surface area contributed by atoms with Crippen molar-refractivity contribution in [3.63, 3.8) is 0 Å². The van der Waals surface area contributed by atoms with Crippen LogP contribution < -0.4 is 0 Å². The van der Waals surface area contributed by atoms with Gasteiger partial charge in [-0.25, -0.2) is 9.59 Å². The summed E-state index contributed by atoms with van der Waals surface area (Å²) in [7, 11) is -12.1. The van der Waals surface area contributed by atoms with Gasteiger partial charge in [0.25, 0.3) is 0 Å². The molecule has 0 N–H and O–H groups in total. The van der Waals surface area contributed by atoms with E-state index in [2.05, 4.69) is 101 Å². The highest BCUT2D eigenvalue weighted by molar-refractivity contribution is 6.88. The number of allylic oxidation sites excluding steroid dienone is 4. The van der Waals surface area contributed by atoms with Gasteiger partial charge >= 0.3 is 29.1 Å². The van der Waals surface area contributed by atoms with Crippen molar-refractivity contribution < 1.29 is 35.5 Å². The van der Waals surface area contributed by atoms with Crippen LogP contribution in [-0.2, 0) is 35.5 Å². The highest BCUT2D eigenvalue weighted by Gasteiger charge is 2.41. The van der Waals surface area contributed by atoms with Crippen molar-refractivity contribution in [2.75, 3.05) is 39.4 Å². The van der Waals surface area contributed by atoms with Gasteiger partial charge < -0.3 is 35.7 Å². The lowest BCUT2D eigenvalue weighted by Gasteiger charge is -2.38. The van der Waals surface area contributed by atoms with Crippen molar-refractivity contribution in [2.45, 2.75) is 117 Å². The molecule has 0 radical (unpaired) electrons. The van der Waals surface area contributed by atoms with E-state index in [1.807, 2.05) is 24.5 Å². The molecular weight excluding hydrogens is 785 g/mol. The van der Waals surface area contributed by atoms with Gasteiger partial charge in [-0.3, -0.25) is 0 Å². The Labute approximate surface area is 332 Å². The highest BCUT2D eigenvalue weighted by atomic mass is 28.5. The molecule has 1 aliphatic rings. The molecule has 1 fully saturated rings. The van der Waals surface area contributed by atoms with E-state index in [1.165, 1.54) is 12.2 Å². The summed E-state index contributed by atoms with van der Waals surface area (Å²) in [6.07, 6.45) is 11.3. The number of ether oxygens (including phenoxy) is 2. The lowest BCUT2D eigenvalue weighted by Crippen LogP contribution is -2.52. The topological polar surface area (TPSA) is 144 Å². The molecule has 18 heteroatoms. The normalized spacial score (nSPS) is 15.8. The molecule has 0 saturated carbocycles. The van der Waals surface area contributed by atoms with Crippen molar-refractivity contribution >= 4 is 62.3 Å². The van der Waals surface area contributed by atoms with Gasteiger partial charge in [0.2, 0.25) is 0 Å². The predicted molar refractivity (Wildman–Crippen MR) is 231 cm³/mol. The van der Waals surface area contributed by atoms with E-state index in [4.69, 9.17) is 25.9 Å². The molecule has 0 aromatic rings. The molecule has 12 nitrogen and oxygen atoms in total. The number of esters is 2. The lowest BCUT2D eigenvalue weighted by atomic mass is 10.2. The van der Waals surface area contributed by atoms with Crippen molar-refractivity contribution in [3.05, 3.63) is 47.9 Å². The maximum Gasteiger partial charge on any atom is 0.348 e. The van der Waals surface area contributed by atoms with Gasteiger partial charge in [0, 0.05) is 26.2 Å². The molecule has 1 aliphatic heterocycles. The zero-order valence-corrected chi connectivity index (χ0v) is 41.6. The van der Waals surface area contributed by atoms with Gasteiger partial charge in [-0.05, 0) is 153 Å². The van der Waals surface area contributed by atoms with E-state index in [0.29, 0.717) is 39.0 Å². The van der Waals surface area contributed by atoms with E-state index in [9.17, 15) is 20.1 Å². The third kappa shape index (κ3) is 22.9. The van der Waals surface area contributed by atoms with Crippen molar-refractivity contribution in [3.8, 4) is 12.1 Å². The van der Waals surface area contributed by atoms with E-state index < -0.39 is 62.3 Å². The fraction of sp³-hybridized carbons (Fsp3) is 0.667. The largest absolute Gasteiger partial charge is 0.462 e. The van der Waals surface area contributed by atoms with Crippen LogP contribution in [0.15, 0.2) is 47.9 Å². The van der Waals surface area contributed by atoms with E-state index in [1.54, 1.807) is 12.2 Å². The standard InChI is InChI=1S/C36H68N4O8Si6/c1-49(2,3)45-53(13,46-50(4,5)6)29-17-27-43-35(41)33(31-37)19-15-21-39-23-25-40(26-24-39)22-16-20-34(32-38)36(42)44-28-18-30-54(14,47-51(7,8)9)48-52(10,11)12/h15-16,19-22H,17-18,23-30H2,1-14H3. The first-order valence-corrected chi connectivity index (χ1v) is 37.6. The van der Waals surface area contributed by atoms with Gasteiger partial charge in [-0.1, -0.05) is 0 Å². The second-order valence-electron chi connectivity index (χ2n) is 17.7. The lowest BCUT2D eigenvalue weighted by molar-refractivity contribution is -0.139. The summed E-state index contributed by atoms with van der Waals surface area (Å²) in [5.74, 6) is -1.29. The summed E-state index contributed by atoms with van der Waals surface area (Å²) in [5, 5.41) is 19.1. The van der Waals surface area contributed by atoms with Crippen molar-refractivity contribution in [2.24, 2.45) is 0 Å². The summed E-state index contributed by atoms with van der Waals surface area (Å²) in [5.41, 5.74) is -0.119.